The quantitative estimate of drug-likeness (QED) is 0.898. The Morgan fingerprint density at radius 1 is 1.39 bits per heavy atom. The van der Waals surface area contributed by atoms with Crippen molar-refractivity contribution in [3.05, 3.63) is 11.1 Å². The van der Waals surface area contributed by atoms with E-state index < -0.39 is 12.7 Å². The number of aromatic nitrogens is 1. The minimum Gasteiger partial charge on any atom is -0.337 e. The van der Waals surface area contributed by atoms with E-state index in [9.17, 15) is 13.2 Å². The highest BCUT2D eigenvalue weighted by Crippen LogP contribution is 2.28. The first-order chi connectivity index (χ1) is 8.24. The van der Waals surface area contributed by atoms with Gasteiger partial charge in [0.15, 0.2) is 5.13 Å². The van der Waals surface area contributed by atoms with E-state index in [0.29, 0.717) is 5.13 Å². The van der Waals surface area contributed by atoms with Crippen LogP contribution in [0.5, 0.6) is 0 Å². The zero-order chi connectivity index (χ0) is 13.9. The molecule has 0 aliphatic heterocycles. The summed E-state index contributed by atoms with van der Waals surface area (Å²) in [5.41, 5.74) is 0.769. The fourth-order valence-corrected chi connectivity index (χ4v) is 2.47. The topological polar surface area (TPSA) is 28.2 Å². The van der Waals surface area contributed by atoms with Crippen molar-refractivity contribution in [2.45, 2.75) is 39.0 Å². The standard InChI is InChI=1S/C11H18F3N3S/c1-7(2)17(6-11(12,13)14)10-16-9(5-18-10)8(3)15-4/h5,7-8,15H,6H2,1-4H3. The maximum Gasteiger partial charge on any atom is 0.406 e. The van der Waals surface area contributed by atoms with Crippen LogP contribution in [-0.4, -0.2) is 30.8 Å². The summed E-state index contributed by atoms with van der Waals surface area (Å²) in [6.45, 7) is 4.41. The molecule has 104 valence electrons. The Morgan fingerprint density at radius 2 is 2.00 bits per heavy atom. The molecule has 1 rings (SSSR count). The van der Waals surface area contributed by atoms with Gasteiger partial charge in [0, 0.05) is 17.5 Å². The number of alkyl halides is 3. The first-order valence-electron chi connectivity index (χ1n) is 5.70. The average Bonchev–Trinajstić information content (AvgIpc) is 2.72. The molecule has 0 amide bonds. The zero-order valence-electron chi connectivity index (χ0n) is 10.9. The number of rotatable bonds is 5. The lowest BCUT2D eigenvalue weighted by molar-refractivity contribution is -0.120. The van der Waals surface area contributed by atoms with Crippen molar-refractivity contribution in [2.75, 3.05) is 18.5 Å². The first kappa shape index (κ1) is 15.2. The van der Waals surface area contributed by atoms with Crippen LogP contribution in [0.1, 0.15) is 32.5 Å². The molecular formula is C11H18F3N3S. The molecule has 7 heteroatoms. The number of hydrogen-bond donors (Lipinski definition) is 1. The highest BCUT2D eigenvalue weighted by atomic mass is 32.1. The maximum atomic E-state index is 12.5. The van der Waals surface area contributed by atoms with Gasteiger partial charge in [0.25, 0.3) is 0 Å². The zero-order valence-corrected chi connectivity index (χ0v) is 11.7. The molecule has 0 aliphatic carbocycles. The van der Waals surface area contributed by atoms with E-state index in [1.807, 2.05) is 6.92 Å². The Labute approximate surface area is 109 Å². The number of hydrogen-bond acceptors (Lipinski definition) is 4. The van der Waals surface area contributed by atoms with Gasteiger partial charge in [-0.25, -0.2) is 4.98 Å². The molecule has 0 fully saturated rings. The molecule has 0 saturated carbocycles. The molecule has 1 atom stereocenters. The highest BCUT2D eigenvalue weighted by molar-refractivity contribution is 7.13. The summed E-state index contributed by atoms with van der Waals surface area (Å²) in [4.78, 5) is 5.54. The molecule has 0 radical (unpaired) electrons. The molecule has 1 unspecified atom stereocenters. The number of nitrogens with zero attached hydrogens (tertiary/aromatic N) is 2. The lowest BCUT2D eigenvalue weighted by atomic mass is 10.3. The van der Waals surface area contributed by atoms with Gasteiger partial charge in [0.2, 0.25) is 0 Å². The van der Waals surface area contributed by atoms with Crippen LogP contribution in [0.4, 0.5) is 18.3 Å². The van der Waals surface area contributed by atoms with Crippen LogP contribution in [0.15, 0.2) is 5.38 Å². The summed E-state index contributed by atoms with van der Waals surface area (Å²) in [6, 6.07) is -0.203. The molecule has 1 N–H and O–H groups in total. The predicted octanol–water partition coefficient (Wildman–Crippen LogP) is 3.20. The van der Waals surface area contributed by atoms with Gasteiger partial charge >= 0.3 is 6.18 Å². The van der Waals surface area contributed by atoms with Crippen LogP contribution < -0.4 is 10.2 Å². The highest BCUT2D eigenvalue weighted by Gasteiger charge is 2.33. The molecule has 0 saturated heterocycles. The van der Waals surface area contributed by atoms with Gasteiger partial charge in [0.1, 0.15) is 6.54 Å². The van der Waals surface area contributed by atoms with Gasteiger partial charge in [0.05, 0.1) is 5.69 Å². The first-order valence-corrected chi connectivity index (χ1v) is 6.58. The molecule has 0 aliphatic rings. The molecule has 18 heavy (non-hydrogen) atoms. The Bertz CT molecular complexity index is 376. The molecule has 0 aromatic carbocycles. The number of thiazole rings is 1. The van der Waals surface area contributed by atoms with E-state index in [2.05, 4.69) is 10.3 Å². The van der Waals surface area contributed by atoms with Crippen molar-refractivity contribution >= 4 is 16.5 Å². The smallest absolute Gasteiger partial charge is 0.337 e. The van der Waals surface area contributed by atoms with Crippen molar-refractivity contribution in [3.63, 3.8) is 0 Å². The van der Waals surface area contributed by atoms with Crippen molar-refractivity contribution in [1.82, 2.24) is 10.3 Å². The largest absolute Gasteiger partial charge is 0.406 e. The van der Waals surface area contributed by atoms with Crippen LogP contribution in [0.2, 0.25) is 0 Å². The van der Waals surface area contributed by atoms with Gasteiger partial charge < -0.3 is 10.2 Å². The Kier molecular flexibility index (Phi) is 4.98. The lowest BCUT2D eigenvalue weighted by Gasteiger charge is -2.27. The van der Waals surface area contributed by atoms with E-state index in [1.165, 1.54) is 16.2 Å². The fourth-order valence-electron chi connectivity index (χ4n) is 1.42. The SMILES string of the molecule is CNC(C)c1csc(N(CC(F)(F)F)C(C)C)n1. The number of anilines is 1. The van der Waals surface area contributed by atoms with Crippen molar-refractivity contribution < 1.29 is 13.2 Å². The third kappa shape index (κ3) is 4.13. The van der Waals surface area contributed by atoms with E-state index in [0.717, 1.165) is 5.69 Å². The summed E-state index contributed by atoms with van der Waals surface area (Å²) in [7, 11) is 1.79. The minimum absolute atomic E-state index is 0.0369. The summed E-state index contributed by atoms with van der Waals surface area (Å²) in [5, 5.41) is 5.22. The van der Waals surface area contributed by atoms with Crippen molar-refractivity contribution in [2.24, 2.45) is 0 Å². The third-order valence-corrected chi connectivity index (χ3v) is 3.50. The molecular weight excluding hydrogens is 263 g/mol. The van der Waals surface area contributed by atoms with E-state index in [-0.39, 0.29) is 12.1 Å². The lowest BCUT2D eigenvalue weighted by Crippen LogP contribution is -2.39. The summed E-state index contributed by atoms with van der Waals surface area (Å²) < 4.78 is 37.5. The van der Waals surface area contributed by atoms with Crippen LogP contribution in [0.3, 0.4) is 0 Å². The Hall–Kier alpha value is -0.820. The normalized spacial score (nSPS) is 14.0. The van der Waals surface area contributed by atoms with Gasteiger partial charge in [-0.3, -0.25) is 0 Å². The molecule has 3 nitrogen and oxygen atoms in total. The van der Waals surface area contributed by atoms with E-state index in [1.54, 1.807) is 26.3 Å². The van der Waals surface area contributed by atoms with Crippen LogP contribution in [0, 0.1) is 0 Å². The summed E-state index contributed by atoms with van der Waals surface area (Å²) >= 11 is 1.25. The van der Waals surface area contributed by atoms with Crippen LogP contribution >= 0.6 is 11.3 Å². The maximum absolute atomic E-state index is 12.5. The minimum atomic E-state index is -4.22. The van der Waals surface area contributed by atoms with Crippen molar-refractivity contribution in [3.8, 4) is 0 Å². The summed E-state index contributed by atoms with van der Waals surface area (Å²) in [6.07, 6.45) is -4.22. The van der Waals surface area contributed by atoms with E-state index >= 15 is 0 Å². The van der Waals surface area contributed by atoms with Gasteiger partial charge in [-0.05, 0) is 27.8 Å². The number of nitrogens with one attached hydrogen (secondary N) is 1. The molecule has 0 bridgehead atoms. The second-order valence-corrected chi connectivity index (χ2v) is 5.24. The van der Waals surface area contributed by atoms with Gasteiger partial charge in [-0.1, -0.05) is 0 Å². The van der Waals surface area contributed by atoms with Crippen molar-refractivity contribution in [1.29, 1.82) is 0 Å². The monoisotopic (exact) mass is 281 g/mol. The molecule has 1 heterocycles. The third-order valence-electron chi connectivity index (χ3n) is 2.61. The van der Waals surface area contributed by atoms with Crippen LogP contribution in [0.25, 0.3) is 0 Å². The Balaban J connectivity index is 2.90. The Morgan fingerprint density at radius 3 is 2.44 bits per heavy atom. The van der Waals surface area contributed by atoms with Gasteiger partial charge in [-0.2, -0.15) is 13.2 Å². The fraction of sp³-hybridized carbons (Fsp3) is 0.727. The number of halogens is 3. The molecule has 1 aromatic rings. The second kappa shape index (κ2) is 5.88. The van der Waals surface area contributed by atoms with Crippen LogP contribution in [-0.2, 0) is 0 Å². The van der Waals surface area contributed by atoms with E-state index in [4.69, 9.17) is 0 Å². The average molecular weight is 281 g/mol. The molecule has 1 aromatic heterocycles. The van der Waals surface area contributed by atoms with Gasteiger partial charge in [-0.15, -0.1) is 11.3 Å². The molecule has 0 spiro atoms. The predicted molar refractivity (Wildman–Crippen MR) is 68.1 cm³/mol. The second-order valence-electron chi connectivity index (χ2n) is 4.40. The summed E-state index contributed by atoms with van der Waals surface area (Å²) in [5.74, 6) is 0.